The molecule has 0 bridgehead atoms. The molecule has 4 rings (SSSR count). The van der Waals surface area contributed by atoms with Gasteiger partial charge in [-0.15, -0.1) is 0 Å². The smallest absolute Gasteiger partial charge is 0.410 e. The zero-order chi connectivity index (χ0) is 26.6. The van der Waals surface area contributed by atoms with E-state index in [0.29, 0.717) is 25.6 Å². The number of hydrogen-bond acceptors (Lipinski definition) is 6. The van der Waals surface area contributed by atoms with Gasteiger partial charge in [-0.3, -0.25) is 9.69 Å². The highest BCUT2D eigenvalue weighted by atomic mass is 16.6. The number of amides is 3. The highest BCUT2D eigenvalue weighted by Gasteiger charge is 2.42. The van der Waals surface area contributed by atoms with E-state index in [0.717, 1.165) is 50.8 Å². The van der Waals surface area contributed by atoms with E-state index in [1.54, 1.807) is 9.80 Å². The Morgan fingerprint density at radius 2 is 1.70 bits per heavy atom. The van der Waals surface area contributed by atoms with Gasteiger partial charge < -0.3 is 23.8 Å². The van der Waals surface area contributed by atoms with Crippen LogP contribution in [0.2, 0.25) is 0 Å². The number of nitrogens with zero attached hydrogens (tertiary/aromatic N) is 5. The number of rotatable bonds is 4. The van der Waals surface area contributed by atoms with Crippen LogP contribution in [0.5, 0.6) is 0 Å². The molecule has 10 heteroatoms. The molecule has 1 aromatic heterocycles. The molecule has 2 aliphatic heterocycles. The zero-order valence-electron chi connectivity index (χ0n) is 22.9. The van der Waals surface area contributed by atoms with Crippen molar-refractivity contribution in [2.45, 2.75) is 96.9 Å². The van der Waals surface area contributed by atoms with Crippen molar-refractivity contribution in [3.63, 3.8) is 0 Å². The number of aryl methyl sites for hydroxylation is 1. The first kappa shape index (κ1) is 27.3. The second-order valence-corrected chi connectivity index (χ2v) is 11.8. The molecule has 1 saturated carbocycles. The third-order valence-electron chi connectivity index (χ3n) is 7.43. The second-order valence-electron chi connectivity index (χ2n) is 11.8. The van der Waals surface area contributed by atoms with E-state index in [9.17, 15) is 14.4 Å². The van der Waals surface area contributed by atoms with E-state index in [4.69, 9.17) is 9.47 Å². The molecule has 206 valence electrons. The lowest BCUT2D eigenvalue weighted by Crippen LogP contribution is -2.63. The van der Waals surface area contributed by atoms with Crippen LogP contribution in [-0.2, 0) is 20.8 Å². The Bertz CT molecular complexity index is 951. The maximum atomic E-state index is 13.9. The summed E-state index contributed by atoms with van der Waals surface area (Å²) in [6.07, 6.45) is 9.78. The van der Waals surface area contributed by atoms with Crippen LogP contribution in [0.4, 0.5) is 9.59 Å². The molecule has 10 nitrogen and oxygen atoms in total. The van der Waals surface area contributed by atoms with Crippen LogP contribution in [-0.4, -0.2) is 92.8 Å². The number of likely N-dealkylation sites (tertiary alicyclic amines) is 1. The molecule has 0 N–H and O–H groups in total. The largest absolute Gasteiger partial charge is 0.446 e. The number of imidazole rings is 1. The topological polar surface area (TPSA) is 97.2 Å². The van der Waals surface area contributed by atoms with Crippen LogP contribution in [0.15, 0.2) is 12.5 Å². The maximum Gasteiger partial charge on any atom is 0.410 e. The van der Waals surface area contributed by atoms with Gasteiger partial charge in [0.15, 0.2) is 0 Å². The Balaban J connectivity index is 1.46. The number of piperazine rings is 1. The van der Waals surface area contributed by atoms with Crippen molar-refractivity contribution < 1.29 is 23.9 Å². The SMILES string of the molecule is Cc1cn(C[C@H]2CCCN(C(=O)[C@H]3CN(C(=O)OC(C)(C)C)CCN3C(=O)OC3CCCCC3)C2)cn1. The molecule has 0 unspecified atom stereocenters. The summed E-state index contributed by atoms with van der Waals surface area (Å²) in [5, 5.41) is 0. The Morgan fingerprint density at radius 3 is 2.38 bits per heavy atom. The molecule has 2 atom stereocenters. The Hall–Kier alpha value is -2.78. The molecule has 37 heavy (non-hydrogen) atoms. The number of carbonyl (C=O) groups excluding carboxylic acids is 3. The number of hydrogen-bond donors (Lipinski definition) is 0. The van der Waals surface area contributed by atoms with Crippen LogP contribution < -0.4 is 0 Å². The quantitative estimate of drug-likeness (QED) is 0.602. The van der Waals surface area contributed by atoms with Crippen LogP contribution in [0.25, 0.3) is 0 Å². The lowest BCUT2D eigenvalue weighted by molar-refractivity contribution is -0.140. The summed E-state index contributed by atoms with van der Waals surface area (Å²) in [5.41, 5.74) is 0.333. The van der Waals surface area contributed by atoms with E-state index < -0.39 is 23.8 Å². The van der Waals surface area contributed by atoms with E-state index in [2.05, 4.69) is 9.55 Å². The van der Waals surface area contributed by atoms with E-state index >= 15 is 0 Å². The first-order valence-corrected chi connectivity index (χ1v) is 13.8. The molecule has 2 saturated heterocycles. The lowest BCUT2D eigenvalue weighted by Gasteiger charge is -2.43. The minimum atomic E-state index is -0.786. The fourth-order valence-electron chi connectivity index (χ4n) is 5.59. The number of carbonyl (C=O) groups is 3. The molecule has 0 radical (unpaired) electrons. The molecule has 3 heterocycles. The normalized spacial score (nSPS) is 23.6. The van der Waals surface area contributed by atoms with Gasteiger partial charge in [0.1, 0.15) is 17.7 Å². The fourth-order valence-corrected chi connectivity index (χ4v) is 5.59. The van der Waals surface area contributed by atoms with Crippen molar-refractivity contribution in [1.29, 1.82) is 0 Å². The van der Waals surface area contributed by atoms with Crippen LogP contribution in [0.3, 0.4) is 0 Å². The summed E-state index contributed by atoms with van der Waals surface area (Å²) >= 11 is 0. The lowest BCUT2D eigenvalue weighted by atomic mass is 9.96. The first-order chi connectivity index (χ1) is 17.6. The van der Waals surface area contributed by atoms with Crippen molar-refractivity contribution in [3.8, 4) is 0 Å². The fraction of sp³-hybridized carbons (Fsp3) is 0.778. The van der Waals surface area contributed by atoms with Gasteiger partial charge in [0.05, 0.1) is 18.6 Å². The number of ether oxygens (including phenoxy) is 2. The summed E-state index contributed by atoms with van der Waals surface area (Å²) in [4.78, 5) is 49.3. The predicted molar refractivity (Wildman–Crippen MR) is 138 cm³/mol. The van der Waals surface area contributed by atoms with Gasteiger partial charge >= 0.3 is 12.2 Å². The van der Waals surface area contributed by atoms with Gasteiger partial charge in [0.25, 0.3) is 0 Å². The van der Waals surface area contributed by atoms with Gasteiger partial charge in [-0.25, -0.2) is 14.6 Å². The highest BCUT2D eigenvalue weighted by molar-refractivity contribution is 5.87. The molecule has 3 aliphatic rings. The third kappa shape index (κ3) is 7.38. The van der Waals surface area contributed by atoms with Crippen molar-refractivity contribution in [1.82, 2.24) is 24.3 Å². The Kier molecular flexibility index (Phi) is 8.64. The molecule has 1 aliphatic carbocycles. The summed E-state index contributed by atoms with van der Waals surface area (Å²) < 4.78 is 13.5. The maximum absolute atomic E-state index is 13.9. The molecule has 1 aromatic rings. The van der Waals surface area contributed by atoms with Crippen molar-refractivity contribution in [2.75, 3.05) is 32.7 Å². The van der Waals surface area contributed by atoms with Crippen LogP contribution in [0, 0.1) is 12.8 Å². The molecular formula is C27H43N5O5. The molecule has 3 amide bonds. The average molecular weight is 518 g/mol. The summed E-state index contributed by atoms with van der Waals surface area (Å²) in [5.74, 6) is 0.180. The highest BCUT2D eigenvalue weighted by Crippen LogP contribution is 2.25. The first-order valence-electron chi connectivity index (χ1n) is 13.8. The second kappa shape index (κ2) is 11.7. The van der Waals surface area contributed by atoms with E-state index in [1.165, 1.54) is 6.42 Å². The van der Waals surface area contributed by atoms with E-state index in [1.807, 2.05) is 45.1 Å². The van der Waals surface area contributed by atoms with E-state index in [-0.39, 0.29) is 25.1 Å². The summed E-state index contributed by atoms with van der Waals surface area (Å²) in [6, 6.07) is -0.786. The van der Waals surface area contributed by atoms with Crippen molar-refractivity contribution in [3.05, 3.63) is 18.2 Å². The Labute approximate surface area is 220 Å². The molecule has 3 fully saturated rings. The number of aromatic nitrogens is 2. The molecule has 0 spiro atoms. The average Bonchev–Trinajstić information content (AvgIpc) is 3.27. The van der Waals surface area contributed by atoms with Gasteiger partial charge in [0, 0.05) is 38.9 Å². The van der Waals surface area contributed by atoms with Crippen molar-refractivity contribution >= 4 is 18.1 Å². The monoisotopic (exact) mass is 517 g/mol. The van der Waals surface area contributed by atoms with Crippen LogP contribution in [0.1, 0.15) is 71.4 Å². The minimum absolute atomic E-state index is 0.0982. The predicted octanol–water partition coefficient (Wildman–Crippen LogP) is 3.82. The number of piperidine rings is 1. The summed E-state index contributed by atoms with van der Waals surface area (Å²) in [7, 11) is 0. The van der Waals surface area contributed by atoms with Gasteiger partial charge in [-0.1, -0.05) is 6.42 Å². The van der Waals surface area contributed by atoms with Gasteiger partial charge in [-0.2, -0.15) is 0 Å². The van der Waals surface area contributed by atoms with Crippen LogP contribution >= 0.6 is 0 Å². The van der Waals surface area contributed by atoms with Gasteiger partial charge in [-0.05, 0) is 72.1 Å². The standard InChI is InChI=1S/C27H43N5O5/c1-20-15-29(19-28-20)16-21-9-8-12-30(17-21)24(33)23-18-31(25(34)37-27(2,3)4)13-14-32(23)26(35)36-22-10-6-5-7-11-22/h15,19,21-23H,5-14,16-18H2,1-4H3/t21-,23-/m1/s1. The minimum Gasteiger partial charge on any atom is -0.446 e. The zero-order valence-corrected chi connectivity index (χ0v) is 22.9. The Morgan fingerprint density at radius 1 is 0.946 bits per heavy atom. The summed E-state index contributed by atoms with van der Waals surface area (Å²) in [6.45, 7) is 10.1. The third-order valence-corrected chi connectivity index (χ3v) is 7.43. The van der Waals surface area contributed by atoms with Crippen molar-refractivity contribution in [2.24, 2.45) is 5.92 Å². The molecule has 0 aromatic carbocycles. The molecular weight excluding hydrogens is 474 g/mol. The van der Waals surface area contributed by atoms with Gasteiger partial charge in [0.2, 0.25) is 5.91 Å².